The lowest BCUT2D eigenvalue weighted by molar-refractivity contribution is -0.384. The zero-order chi connectivity index (χ0) is 22.1. The van der Waals surface area contributed by atoms with Crippen molar-refractivity contribution in [1.82, 2.24) is 5.32 Å². The molecule has 10 heteroatoms. The van der Waals surface area contributed by atoms with Gasteiger partial charge in [-0.2, -0.15) is 0 Å². The maximum absolute atomic E-state index is 12.8. The van der Waals surface area contributed by atoms with Crippen LogP contribution in [0.25, 0.3) is 17.4 Å². The van der Waals surface area contributed by atoms with Crippen LogP contribution in [-0.2, 0) is 4.79 Å². The number of carbonyl (C=O) groups is 1. The number of halogens is 1. The first-order valence-corrected chi connectivity index (χ1v) is 9.71. The summed E-state index contributed by atoms with van der Waals surface area (Å²) in [6, 6.07) is 14.4. The van der Waals surface area contributed by atoms with Gasteiger partial charge in [0.2, 0.25) is 0 Å². The Balaban J connectivity index is 1.63. The van der Waals surface area contributed by atoms with E-state index in [2.05, 4.69) is 5.32 Å². The third kappa shape index (κ3) is 4.00. The summed E-state index contributed by atoms with van der Waals surface area (Å²) in [7, 11) is 1.43. The zero-order valence-electron chi connectivity index (χ0n) is 16.0. The topological polar surface area (TPSA) is 97.8 Å². The van der Waals surface area contributed by atoms with Gasteiger partial charge in [-0.1, -0.05) is 11.6 Å². The number of anilines is 1. The van der Waals surface area contributed by atoms with Crippen LogP contribution in [-0.4, -0.2) is 23.1 Å². The molecule has 3 aromatic rings. The number of benzene rings is 2. The molecule has 4 rings (SSSR count). The summed E-state index contributed by atoms with van der Waals surface area (Å²) in [5.74, 6) is 0.613. The number of nitrogens with zero attached hydrogens (tertiary/aromatic N) is 2. The van der Waals surface area contributed by atoms with E-state index in [1.807, 2.05) is 0 Å². The molecule has 2 aromatic carbocycles. The molecule has 1 saturated heterocycles. The highest BCUT2D eigenvalue weighted by molar-refractivity contribution is 7.80. The number of ether oxygens (including phenoxy) is 1. The van der Waals surface area contributed by atoms with Gasteiger partial charge in [-0.3, -0.25) is 19.8 Å². The number of hydrogen-bond donors (Lipinski definition) is 1. The molecule has 0 aliphatic carbocycles. The van der Waals surface area contributed by atoms with Crippen LogP contribution in [0.15, 0.2) is 64.7 Å². The molecule has 0 bridgehead atoms. The van der Waals surface area contributed by atoms with E-state index in [0.29, 0.717) is 27.8 Å². The van der Waals surface area contributed by atoms with Gasteiger partial charge in [0.05, 0.1) is 29.4 Å². The normalized spacial score (nSPS) is 14.8. The van der Waals surface area contributed by atoms with Crippen LogP contribution < -0.4 is 15.0 Å². The molecular formula is C21H14ClN3O5S. The molecular weight excluding hydrogens is 442 g/mol. The molecule has 156 valence electrons. The smallest absolute Gasteiger partial charge is 0.284 e. The summed E-state index contributed by atoms with van der Waals surface area (Å²) in [6.07, 6.45) is 1.49. The van der Waals surface area contributed by atoms with Crippen LogP contribution in [0.2, 0.25) is 5.02 Å². The van der Waals surface area contributed by atoms with Crippen LogP contribution in [0.1, 0.15) is 5.76 Å². The molecule has 0 unspecified atom stereocenters. The second-order valence-corrected chi connectivity index (χ2v) is 7.27. The minimum absolute atomic E-state index is 0.155. The summed E-state index contributed by atoms with van der Waals surface area (Å²) >= 11 is 11.2. The van der Waals surface area contributed by atoms with E-state index in [-0.39, 0.29) is 28.2 Å². The first-order chi connectivity index (χ1) is 14.9. The maximum Gasteiger partial charge on any atom is 0.284 e. The quantitative estimate of drug-likeness (QED) is 0.256. The molecule has 0 saturated carbocycles. The monoisotopic (exact) mass is 455 g/mol. The predicted molar refractivity (Wildman–Crippen MR) is 120 cm³/mol. The number of furan rings is 1. The fraction of sp³-hybridized carbons (Fsp3) is 0.0476. The molecule has 0 radical (unpaired) electrons. The van der Waals surface area contributed by atoms with Gasteiger partial charge in [0, 0.05) is 11.1 Å². The van der Waals surface area contributed by atoms with Crippen molar-refractivity contribution < 1.29 is 18.9 Å². The Labute approximate surface area is 186 Å². The summed E-state index contributed by atoms with van der Waals surface area (Å²) in [5, 5.41) is 15.1. The van der Waals surface area contributed by atoms with Crippen molar-refractivity contribution in [3.63, 3.8) is 0 Å². The molecule has 1 amide bonds. The van der Waals surface area contributed by atoms with Crippen molar-refractivity contribution >= 4 is 52.3 Å². The minimum Gasteiger partial charge on any atom is -0.497 e. The fourth-order valence-electron chi connectivity index (χ4n) is 3.08. The van der Waals surface area contributed by atoms with Crippen molar-refractivity contribution in [3.8, 4) is 17.1 Å². The summed E-state index contributed by atoms with van der Waals surface area (Å²) < 4.78 is 10.8. The molecule has 0 spiro atoms. The van der Waals surface area contributed by atoms with Gasteiger partial charge in [-0.15, -0.1) is 0 Å². The number of methoxy groups -OCH3 is 1. The van der Waals surface area contributed by atoms with Crippen LogP contribution in [0, 0.1) is 10.1 Å². The highest BCUT2D eigenvalue weighted by Gasteiger charge is 2.32. The summed E-state index contributed by atoms with van der Waals surface area (Å²) in [4.78, 5) is 25.1. The van der Waals surface area contributed by atoms with Crippen molar-refractivity contribution in [2.24, 2.45) is 0 Å². The third-order valence-electron chi connectivity index (χ3n) is 4.54. The lowest BCUT2D eigenvalue weighted by Crippen LogP contribution is -2.30. The molecule has 2 heterocycles. The number of thiocarbonyl (C=S) groups is 1. The molecule has 31 heavy (non-hydrogen) atoms. The van der Waals surface area contributed by atoms with Gasteiger partial charge in [-0.05, 0) is 60.7 Å². The first-order valence-electron chi connectivity index (χ1n) is 8.92. The van der Waals surface area contributed by atoms with Crippen LogP contribution in [0.3, 0.4) is 0 Å². The van der Waals surface area contributed by atoms with E-state index in [0.717, 1.165) is 0 Å². The highest BCUT2D eigenvalue weighted by Crippen LogP contribution is 2.34. The van der Waals surface area contributed by atoms with E-state index in [1.165, 1.54) is 24.2 Å². The second kappa shape index (κ2) is 8.21. The molecule has 1 fully saturated rings. The molecule has 0 atom stereocenters. The van der Waals surface area contributed by atoms with Gasteiger partial charge in [0.25, 0.3) is 11.6 Å². The van der Waals surface area contributed by atoms with Gasteiger partial charge < -0.3 is 14.5 Å². The Morgan fingerprint density at radius 1 is 1.19 bits per heavy atom. The number of rotatable bonds is 5. The fourth-order valence-corrected chi connectivity index (χ4v) is 3.50. The number of amides is 1. The lowest BCUT2D eigenvalue weighted by atomic mass is 10.1. The predicted octanol–water partition coefficient (Wildman–Crippen LogP) is 4.78. The summed E-state index contributed by atoms with van der Waals surface area (Å²) in [6.45, 7) is 0. The summed E-state index contributed by atoms with van der Waals surface area (Å²) in [5.41, 5.74) is 0.923. The molecule has 1 aromatic heterocycles. The van der Waals surface area contributed by atoms with Gasteiger partial charge in [0.15, 0.2) is 5.11 Å². The molecule has 1 N–H and O–H groups in total. The number of nitro benzene ring substituents is 1. The molecule has 1 aliphatic rings. The number of hydrogen-bond acceptors (Lipinski definition) is 6. The van der Waals surface area contributed by atoms with Crippen molar-refractivity contribution in [1.29, 1.82) is 0 Å². The van der Waals surface area contributed by atoms with Gasteiger partial charge in [0.1, 0.15) is 23.0 Å². The Morgan fingerprint density at radius 2 is 1.94 bits per heavy atom. The van der Waals surface area contributed by atoms with Crippen LogP contribution in [0.5, 0.6) is 5.75 Å². The Hall–Kier alpha value is -3.69. The number of carbonyl (C=O) groups excluding carboxylic acids is 1. The van der Waals surface area contributed by atoms with Crippen molar-refractivity contribution in [3.05, 3.63) is 81.2 Å². The number of nitrogens with one attached hydrogen (secondary N) is 1. The van der Waals surface area contributed by atoms with Gasteiger partial charge >= 0.3 is 0 Å². The SMILES string of the molecule is COc1ccc(-c2ccc(/C=C3\NC(=S)N(c4ccc(Cl)cc4)C3=O)o2)c([N+](=O)[O-])c1. The average molecular weight is 456 g/mol. The van der Waals surface area contributed by atoms with E-state index in [9.17, 15) is 14.9 Å². The largest absolute Gasteiger partial charge is 0.497 e. The molecule has 1 aliphatic heterocycles. The van der Waals surface area contributed by atoms with Gasteiger partial charge in [-0.25, -0.2) is 0 Å². The van der Waals surface area contributed by atoms with Crippen LogP contribution >= 0.6 is 23.8 Å². The average Bonchev–Trinajstić information content (AvgIpc) is 3.33. The van der Waals surface area contributed by atoms with Crippen molar-refractivity contribution in [2.75, 3.05) is 12.0 Å². The highest BCUT2D eigenvalue weighted by atomic mass is 35.5. The van der Waals surface area contributed by atoms with Crippen molar-refractivity contribution in [2.45, 2.75) is 0 Å². The Kier molecular flexibility index (Phi) is 5.45. The lowest BCUT2D eigenvalue weighted by Gasteiger charge is -2.13. The standard InChI is InChI=1S/C21H14ClN3O5S/c1-29-14-6-8-16(18(11-14)25(27)28)19-9-7-15(30-19)10-17-20(26)24(21(31)23-17)13-4-2-12(22)3-5-13/h2-11H,1H3,(H,23,31)/b17-10-. The van der Waals surface area contributed by atoms with E-state index < -0.39 is 4.92 Å². The van der Waals surface area contributed by atoms with E-state index >= 15 is 0 Å². The number of nitro groups is 1. The Morgan fingerprint density at radius 3 is 2.61 bits per heavy atom. The molecule has 8 nitrogen and oxygen atoms in total. The minimum atomic E-state index is -0.511. The van der Waals surface area contributed by atoms with E-state index in [4.69, 9.17) is 33.0 Å². The third-order valence-corrected chi connectivity index (χ3v) is 5.08. The first kappa shape index (κ1) is 20.6. The zero-order valence-corrected chi connectivity index (χ0v) is 17.6. The maximum atomic E-state index is 12.8. The second-order valence-electron chi connectivity index (χ2n) is 6.45. The van der Waals surface area contributed by atoms with Crippen LogP contribution in [0.4, 0.5) is 11.4 Å². The van der Waals surface area contributed by atoms with E-state index in [1.54, 1.807) is 48.5 Å². The Bertz CT molecular complexity index is 1240.